The molecule has 3 rings (SSSR count). The van der Waals surface area contributed by atoms with E-state index in [-0.39, 0.29) is 5.69 Å². The van der Waals surface area contributed by atoms with E-state index in [2.05, 4.69) is 10.2 Å². The van der Waals surface area contributed by atoms with Crippen molar-refractivity contribution in [2.45, 2.75) is 18.8 Å². The highest BCUT2D eigenvalue weighted by atomic mass is 35.5. The molecule has 0 radical (unpaired) electrons. The van der Waals surface area contributed by atoms with Gasteiger partial charge in [-0.2, -0.15) is 5.10 Å². The molecular formula is C13H11ClN2O2. The average molecular weight is 263 g/mol. The van der Waals surface area contributed by atoms with Crippen LogP contribution >= 0.6 is 11.6 Å². The average Bonchev–Trinajstić information content (AvgIpc) is 3.05. The third kappa shape index (κ3) is 1.99. The SMILES string of the molecule is O=C(O)c1cc(-c2ccc(C3CC3)c(Cl)c2)n[nH]1. The number of nitrogens with one attached hydrogen (secondary N) is 1. The number of rotatable bonds is 3. The summed E-state index contributed by atoms with van der Waals surface area (Å²) in [5.74, 6) is -0.422. The summed E-state index contributed by atoms with van der Waals surface area (Å²) in [5.41, 5.74) is 2.67. The first-order valence-corrected chi connectivity index (χ1v) is 6.11. The molecule has 5 heteroatoms. The molecule has 1 fully saturated rings. The van der Waals surface area contributed by atoms with E-state index < -0.39 is 5.97 Å². The van der Waals surface area contributed by atoms with Gasteiger partial charge in [0.05, 0.1) is 5.69 Å². The Kier molecular flexibility index (Phi) is 2.59. The van der Waals surface area contributed by atoms with Crippen molar-refractivity contribution in [1.82, 2.24) is 10.2 Å². The normalized spacial score (nSPS) is 14.7. The number of nitrogens with zero attached hydrogens (tertiary/aromatic N) is 1. The molecule has 1 heterocycles. The van der Waals surface area contributed by atoms with Gasteiger partial charge in [-0.25, -0.2) is 4.79 Å². The Morgan fingerprint density at radius 2 is 2.17 bits per heavy atom. The second-order valence-corrected chi connectivity index (χ2v) is 4.89. The van der Waals surface area contributed by atoms with Crippen LogP contribution in [-0.2, 0) is 0 Å². The number of H-pyrrole nitrogens is 1. The zero-order chi connectivity index (χ0) is 12.7. The van der Waals surface area contributed by atoms with E-state index in [1.54, 1.807) is 0 Å². The quantitative estimate of drug-likeness (QED) is 0.892. The molecular weight excluding hydrogens is 252 g/mol. The maximum Gasteiger partial charge on any atom is 0.353 e. The van der Waals surface area contributed by atoms with Gasteiger partial charge in [0.1, 0.15) is 5.69 Å². The fourth-order valence-corrected chi connectivity index (χ4v) is 2.33. The lowest BCUT2D eigenvalue weighted by molar-refractivity contribution is 0.0690. The number of benzene rings is 1. The summed E-state index contributed by atoms with van der Waals surface area (Å²) < 4.78 is 0. The third-order valence-corrected chi connectivity index (χ3v) is 3.45. The van der Waals surface area contributed by atoms with E-state index in [9.17, 15) is 4.79 Å². The maximum absolute atomic E-state index is 10.8. The number of carbonyl (C=O) groups is 1. The van der Waals surface area contributed by atoms with Crippen LogP contribution in [0.15, 0.2) is 24.3 Å². The molecule has 0 aliphatic heterocycles. The minimum Gasteiger partial charge on any atom is -0.477 e. The lowest BCUT2D eigenvalue weighted by Gasteiger charge is -2.03. The highest BCUT2D eigenvalue weighted by Gasteiger charge is 2.25. The number of carboxylic acids is 1. The van der Waals surface area contributed by atoms with Crippen LogP contribution in [0.1, 0.15) is 34.8 Å². The summed E-state index contributed by atoms with van der Waals surface area (Å²) in [6, 6.07) is 7.29. The zero-order valence-corrected chi connectivity index (χ0v) is 10.2. The van der Waals surface area contributed by atoms with Gasteiger partial charge in [0.2, 0.25) is 0 Å². The van der Waals surface area contributed by atoms with Crippen molar-refractivity contribution in [2.24, 2.45) is 0 Å². The molecule has 2 N–H and O–H groups in total. The van der Waals surface area contributed by atoms with Crippen molar-refractivity contribution in [3.63, 3.8) is 0 Å². The Morgan fingerprint density at radius 1 is 1.39 bits per heavy atom. The van der Waals surface area contributed by atoms with Gasteiger partial charge in [-0.1, -0.05) is 23.7 Å². The van der Waals surface area contributed by atoms with Crippen molar-refractivity contribution in [2.75, 3.05) is 0 Å². The number of aromatic amines is 1. The van der Waals surface area contributed by atoms with Crippen LogP contribution in [-0.4, -0.2) is 21.3 Å². The van der Waals surface area contributed by atoms with Crippen LogP contribution in [0, 0.1) is 0 Å². The monoisotopic (exact) mass is 262 g/mol. The first-order chi connectivity index (χ1) is 8.65. The summed E-state index contributed by atoms with van der Waals surface area (Å²) in [6.45, 7) is 0. The second kappa shape index (κ2) is 4.14. The lowest BCUT2D eigenvalue weighted by Crippen LogP contribution is -1.95. The summed E-state index contributed by atoms with van der Waals surface area (Å²) in [6.07, 6.45) is 2.40. The third-order valence-electron chi connectivity index (χ3n) is 3.12. The largest absolute Gasteiger partial charge is 0.477 e. The van der Waals surface area contributed by atoms with Crippen molar-refractivity contribution >= 4 is 17.6 Å². The predicted octanol–water partition coefficient (Wildman–Crippen LogP) is 3.31. The molecule has 0 amide bonds. The molecule has 2 aromatic rings. The summed E-state index contributed by atoms with van der Waals surface area (Å²) >= 11 is 6.23. The smallest absolute Gasteiger partial charge is 0.353 e. The molecule has 92 valence electrons. The fraction of sp³-hybridized carbons (Fsp3) is 0.231. The number of hydrogen-bond donors (Lipinski definition) is 2. The van der Waals surface area contributed by atoms with E-state index in [1.807, 2.05) is 18.2 Å². The Morgan fingerprint density at radius 3 is 2.72 bits per heavy atom. The number of hydrogen-bond acceptors (Lipinski definition) is 2. The lowest BCUT2D eigenvalue weighted by atomic mass is 10.1. The van der Waals surface area contributed by atoms with Gasteiger partial charge >= 0.3 is 5.97 Å². The summed E-state index contributed by atoms with van der Waals surface area (Å²) in [5, 5.41) is 16.0. The van der Waals surface area contributed by atoms with Crippen molar-refractivity contribution < 1.29 is 9.90 Å². The van der Waals surface area contributed by atoms with Crippen LogP contribution in [0.4, 0.5) is 0 Å². The summed E-state index contributed by atoms with van der Waals surface area (Å²) in [7, 11) is 0. The second-order valence-electron chi connectivity index (χ2n) is 4.48. The molecule has 0 unspecified atom stereocenters. The topological polar surface area (TPSA) is 66.0 Å². The first-order valence-electron chi connectivity index (χ1n) is 5.73. The number of halogens is 1. The minimum absolute atomic E-state index is 0.0763. The molecule has 1 aliphatic carbocycles. The molecule has 4 nitrogen and oxygen atoms in total. The molecule has 1 aromatic heterocycles. The van der Waals surface area contributed by atoms with Gasteiger partial charge in [0.25, 0.3) is 0 Å². The van der Waals surface area contributed by atoms with Crippen LogP contribution in [0.3, 0.4) is 0 Å². The Bertz CT molecular complexity index is 617. The van der Waals surface area contributed by atoms with Gasteiger partial charge in [0.15, 0.2) is 0 Å². The summed E-state index contributed by atoms with van der Waals surface area (Å²) in [4.78, 5) is 10.8. The van der Waals surface area contributed by atoms with Crippen LogP contribution in [0.25, 0.3) is 11.3 Å². The van der Waals surface area contributed by atoms with Gasteiger partial charge in [-0.05, 0) is 36.5 Å². The standard InChI is InChI=1S/C13H11ClN2O2/c14-10-5-8(3-4-9(10)7-1-2-7)11-6-12(13(17)18)16-15-11/h3-7H,1-2H2,(H,15,16)(H,17,18). The zero-order valence-electron chi connectivity index (χ0n) is 9.48. The molecule has 18 heavy (non-hydrogen) atoms. The highest BCUT2D eigenvalue weighted by Crippen LogP contribution is 2.43. The Labute approximate surface area is 109 Å². The van der Waals surface area contributed by atoms with Crippen molar-refractivity contribution in [3.05, 3.63) is 40.5 Å². The molecule has 1 aromatic carbocycles. The van der Waals surface area contributed by atoms with Gasteiger partial charge in [0, 0.05) is 10.6 Å². The van der Waals surface area contributed by atoms with Crippen molar-refractivity contribution in [3.8, 4) is 11.3 Å². The van der Waals surface area contributed by atoms with Crippen molar-refractivity contribution in [1.29, 1.82) is 0 Å². The maximum atomic E-state index is 10.8. The van der Waals surface area contributed by atoms with E-state index >= 15 is 0 Å². The predicted molar refractivity (Wildman–Crippen MR) is 68.0 cm³/mol. The van der Waals surface area contributed by atoms with Gasteiger partial charge < -0.3 is 5.11 Å². The number of carboxylic acid groups (broad SMARTS) is 1. The fourth-order valence-electron chi connectivity index (χ4n) is 1.99. The Hall–Kier alpha value is -1.81. The molecule has 0 atom stereocenters. The van der Waals surface area contributed by atoms with Gasteiger partial charge in [-0.15, -0.1) is 0 Å². The van der Waals surface area contributed by atoms with Crippen LogP contribution in [0.5, 0.6) is 0 Å². The first kappa shape index (κ1) is 11.3. The Balaban J connectivity index is 1.95. The van der Waals surface area contributed by atoms with E-state index in [0.29, 0.717) is 11.6 Å². The highest BCUT2D eigenvalue weighted by molar-refractivity contribution is 6.31. The minimum atomic E-state index is -1.02. The molecule has 1 saturated carbocycles. The number of aromatic carboxylic acids is 1. The van der Waals surface area contributed by atoms with E-state index in [4.69, 9.17) is 16.7 Å². The van der Waals surface area contributed by atoms with E-state index in [0.717, 1.165) is 10.6 Å². The van der Waals surface area contributed by atoms with Crippen LogP contribution in [0.2, 0.25) is 5.02 Å². The van der Waals surface area contributed by atoms with Crippen LogP contribution < -0.4 is 0 Å². The van der Waals surface area contributed by atoms with Gasteiger partial charge in [-0.3, -0.25) is 5.10 Å². The molecule has 0 saturated heterocycles. The molecule has 0 spiro atoms. The number of aromatic nitrogens is 2. The molecule has 0 bridgehead atoms. The molecule has 1 aliphatic rings. The van der Waals surface area contributed by atoms with E-state index in [1.165, 1.54) is 24.5 Å².